The van der Waals surface area contributed by atoms with E-state index in [-0.39, 0.29) is 18.7 Å². The number of aromatic nitrogens is 2. The number of hydrogen-bond acceptors (Lipinski definition) is 5. The zero-order chi connectivity index (χ0) is 27.7. The normalized spacial score (nSPS) is 16.2. The lowest BCUT2D eigenvalue weighted by molar-refractivity contribution is -0.0799. The van der Waals surface area contributed by atoms with E-state index in [1.807, 2.05) is 38.1 Å². The second kappa shape index (κ2) is 13.2. The number of H-pyrrole nitrogens is 1. The molecule has 38 heavy (non-hydrogen) atoms. The van der Waals surface area contributed by atoms with Crippen LogP contribution in [-0.4, -0.2) is 34.7 Å². The van der Waals surface area contributed by atoms with Crippen molar-refractivity contribution in [1.29, 1.82) is 0 Å². The third kappa shape index (κ3) is 8.13. The van der Waals surface area contributed by atoms with E-state index < -0.39 is 6.18 Å². The molecule has 1 heterocycles. The summed E-state index contributed by atoms with van der Waals surface area (Å²) in [5.74, 6) is 0.323. The van der Waals surface area contributed by atoms with Gasteiger partial charge in [-0.25, -0.2) is 0 Å². The van der Waals surface area contributed by atoms with Gasteiger partial charge in [0.2, 0.25) is 0 Å². The first-order valence-electron chi connectivity index (χ1n) is 12.8. The van der Waals surface area contributed by atoms with Gasteiger partial charge in [-0.15, -0.1) is 0 Å². The average molecular weight is 527 g/mol. The van der Waals surface area contributed by atoms with Gasteiger partial charge in [-0.1, -0.05) is 50.6 Å². The maximum absolute atomic E-state index is 12.4. The number of nitrogens with one attached hydrogen (secondary N) is 3. The molecule has 2 aromatic rings. The Morgan fingerprint density at radius 2 is 1.87 bits per heavy atom. The van der Waals surface area contributed by atoms with Gasteiger partial charge < -0.3 is 16.4 Å². The molecule has 6 nitrogen and oxygen atoms in total. The molecule has 0 amide bonds. The highest BCUT2D eigenvalue weighted by atomic mass is 19.4. The van der Waals surface area contributed by atoms with Crippen LogP contribution in [0.5, 0.6) is 0 Å². The number of allylic oxidation sites excluding steroid dienone is 2. The van der Waals surface area contributed by atoms with Crippen LogP contribution in [0.15, 0.2) is 78.2 Å². The summed E-state index contributed by atoms with van der Waals surface area (Å²) < 4.78 is 37.3. The van der Waals surface area contributed by atoms with Gasteiger partial charge in [0.05, 0.1) is 29.7 Å². The molecule has 1 aliphatic rings. The van der Waals surface area contributed by atoms with Crippen LogP contribution < -0.4 is 16.4 Å². The van der Waals surface area contributed by atoms with Crippen LogP contribution in [-0.2, 0) is 0 Å². The van der Waals surface area contributed by atoms with Crippen LogP contribution in [0.1, 0.15) is 43.5 Å². The smallest absolute Gasteiger partial charge is 0.405 e. The summed E-state index contributed by atoms with van der Waals surface area (Å²) in [5.41, 5.74) is 12.3. The van der Waals surface area contributed by atoms with E-state index in [0.29, 0.717) is 17.3 Å². The molecule has 1 unspecified atom stereocenters. The fraction of sp³-hybridized carbons (Fsp3) is 0.379. The molecular weight excluding hydrogens is 489 g/mol. The summed E-state index contributed by atoms with van der Waals surface area (Å²) in [6.45, 7) is 12.3. The Morgan fingerprint density at radius 1 is 1.18 bits per heavy atom. The van der Waals surface area contributed by atoms with Gasteiger partial charge in [0, 0.05) is 28.7 Å². The molecule has 1 fully saturated rings. The second-order valence-corrected chi connectivity index (χ2v) is 9.56. The van der Waals surface area contributed by atoms with Crippen LogP contribution >= 0.6 is 0 Å². The van der Waals surface area contributed by atoms with Crippen molar-refractivity contribution in [2.45, 2.75) is 58.2 Å². The van der Waals surface area contributed by atoms with Crippen molar-refractivity contribution in [3.05, 3.63) is 84.6 Å². The van der Waals surface area contributed by atoms with E-state index in [1.54, 1.807) is 0 Å². The van der Waals surface area contributed by atoms with Crippen LogP contribution in [0.25, 0.3) is 11.1 Å². The third-order valence-electron chi connectivity index (χ3n) is 6.67. The van der Waals surface area contributed by atoms with Gasteiger partial charge in [-0.3, -0.25) is 10.1 Å². The molecule has 204 valence electrons. The molecule has 0 radical (unpaired) electrons. The molecule has 3 rings (SSSR count). The fourth-order valence-corrected chi connectivity index (χ4v) is 4.86. The van der Waals surface area contributed by atoms with Crippen molar-refractivity contribution in [3.8, 4) is 11.1 Å². The highest BCUT2D eigenvalue weighted by Crippen LogP contribution is 2.31. The number of nitrogens with two attached hydrogens (primary N) is 1. The topological polar surface area (TPSA) is 91.1 Å². The lowest BCUT2D eigenvalue weighted by Crippen LogP contribution is -2.41. The van der Waals surface area contributed by atoms with Crippen molar-refractivity contribution in [3.63, 3.8) is 0 Å². The molecule has 1 saturated carbocycles. The first-order chi connectivity index (χ1) is 18.1. The Morgan fingerprint density at radius 3 is 2.45 bits per heavy atom. The lowest BCUT2D eigenvalue weighted by Gasteiger charge is -2.34. The summed E-state index contributed by atoms with van der Waals surface area (Å²) in [4.78, 5) is 4.25. The number of nitrogens with zero attached hydrogens (tertiary/aromatic N) is 2. The Labute approximate surface area is 222 Å². The van der Waals surface area contributed by atoms with Crippen LogP contribution in [0, 0.1) is 19.8 Å². The van der Waals surface area contributed by atoms with Crippen molar-refractivity contribution >= 4 is 11.4 Å². The Hall–Kier alpha value is -3.75. The van der Waals surface area contributed by atoms with Crippen molar-refractivity contribution in [1.82, 2.24) is 15.5 Å². The maximum atomic E-state index is 12.4. The lowest BCUT2D eigenvalue weighted by atomic mass is 9.82. The van der Waals surface area contributed by atoms with Gasteiger partial charge in [0.25, 0.3) is 0 Å². The monoisotopic (exact) mass is 526 g/mol. The van der Waals surface area contributed by atoms with E-state index in [9.17, 15) is 13.2 Å². The zero-order valence-corrected chi connectivity index (χ0v) is 22.0. The van der Waals surface area contributed by atoms with Gasteiger partial charge in [-0.2, -0.15) is 18.3 Å². The number of anilines is 1. The highest BCUT2D eigenvalue weighted by Gasteiger charge is 2.27. The minimum absolute atomic E-state index is 0.144. The van der Waals surface area contributed by atoms with E-state index in [4.69, 9.17) is 5.73 Å². The van der Waals surface area contributed by atoms with Crippen molar-refractivity contribution < 1.29 is 13.2 Å². The third-order valence-corrected chi connectivity index (χ3v) is 6.67. The van der Waals surface area contributed by atoms with Crippen LogP contribution in [0.3, 0.4) is 0 Å². The number of aromatic amines is 1. The number of rotatable bonds is 11. The average Bonchev–Trinajstić information content (AvgIpc) is 3.22. The first kappa shape index (κ1) is 28.8. The predicted molar refractivity (Wildman–Crippen MR) is 150 cm³/mol. The first-order valence-corrected chi connectivity index (χ1v) is 12.8. The molecule has 0 saturated heterocycles. The standard InChI is InChI=1S/C29H37F3N6/c1-19(26(15-17-33)34-18-8-16-29(30,31)32)36-28(24-9-6-5-7-10-24)22(4)35-25-13-11-23(12-14-25)27-20(2)37-38-21(27)3/h8,11-17,24,28,35-36H,1,4-7,9-10,18,33H2,2-3H3,(H,37,38)/b16-8+,17-15-,34-26?. The molecular formula is C29H37F3N6. The molecule has 1 atom stereocenters. The van der Waals surface area contributed by atoms with Gasteiger partial charge in [-0.05, 0) is 62.6 Å². The highest BCUT2D eigenvalue weighted by molar-refractivity contribution is 6.07. The molecule has 1 aromatic carbocycles. The largest absolute Gasteiger partial charge is 0.409 e. The van der Waals surface area contributed by atoms with E-state index in [1.165, 1.54) is 18.7 Å². The number of aryl methyl sites for hydroxylation is 2. The molecule has 1 aliphatic carbocycles. The van der Waals surface area contributed by atoms with E-state index in [2.05, 4.69) is 39.0 Å². The van der Waals surface area contributed by atoms with Gasteiger partial charge in [0.1, 0.15) is 0 Å². The van der Waals surface area contributed by atoms with E-state index in [0.717, 1.165) is 65.7 Å². The molecule has 0 aliphatic heterocycles. The SMILES string of the molecule is C=C(NC(C(=C)Nc1ccc(-c2c(C)n[nH]c2C)cc1)C1CCCCC1)C(/C=C\N)=NC/C=C/C(F)(F)F. The molecule has 0 spiro atoms. The summed E-state index contributed by atoms with van der Waals surface area (Å²) in [6.07, 6.45) is 5.13. The van der Waals surface area contributed by atoms with Crippen molar-refractivity contribution in [2.24, 2.45) is 16.6 Å². The number of aliphatic imine (C=N–C) groups is 1. The molecule has 0 bridgehead atoms. The summed E-state index contributed by atoms with van der Waals surface area (Å²) in [7, 11) is 0. The second-order valence-electron chi connectivity index (χ2n) is 9.56. The Balaban J connectivity index is 1.76. The Bertz CT molecular complexity index is 1160. The van der Waals surface area contributed by atoms with Gasteiger partial charge in [0.15, 0.2) is 0 Å². The summed E-state index contributed by atoms with van der Waals surface area (Å²) in [5, 5.41) is 14.2. The minimum atomic E-state index is -4.38. The number of hydrogen-bond donors (Lipinski definition) is 4. The van der Waals surface area contributed by atoms with Crippen LogP contribution in [0.2, 0.25) is 0 Å². The predicted octanol–water partition coefficient (Wildman–Crippen LogP) is 6.70. The molecule has 9 heteroatoms. The number of halogens is 3. The molecule has 5 N–H and O–H groups in total. The van der Waals surface area contributed by atoms with E-state index >= 15 is 0 Å². The maximum Gasteiger partial charge on any atom is 0.409 e. The fourth-order valence-electron chi connectivity index (χ4n) is 4.86. The summed E-state index contributed by atoms with van der Waals surface area (Å²) >= 11 is 0. The quantitative estimate of drug-likeness (QED) is 0.194. The van der Waals surface area contributed by atoms with Gasteiger partial charge >= 0.3 is 6.18 Å². The van der Waals surface area contributed by atoms with Crippen LogP contribution in [0.4, 0.5) is 18.9 Å². The zero-order valence-electron chi connectivity index (χ0n) is 22.0. The van der Waals surface area contributed by atoms with Crippen molar-refractivity contribution in [2.75, 3.05) is 11.9 Å². The number of alkyl halides is 3. The number of benzene rings is 1. The summed E-state index contributed by atoms with van der Waals surface area (Å²) in [6, 6.07) is 7.97. The Kier molecular flexibility index (Phi) is 9.98. The molecule has 1 aromatic heterocycles. The minimum Gasteiger partial charge on any atom is -0.405 e.